The second-order valence-corrected chi connectivity index (χ2v) is 7.66. The summed E-state index contributed by atoms with van der Waals surface area (Å²) in [6, 6.07) is 12.7. The molecule has 0 bridgehead atoms. The fourth-order valence-electron chi connectivity index (χ4n) is 3.36. The van der Waals surface area contributed by atoms with E-state index in [0.29, 0.717) is 28.0 Å². The van der Waals surface area contributed by atoms with Crippen LogP contribution in [0.4, 0.5) is 0 Å². The van der Waals surface area contributed by atoms with Crippen LogP contribution in [0.5, 0.6) is 0 Å². The second-order valence-electron chi connectivity index (χ2n) is 6.44. The van der Waals surface area contributed by atoms with Gasteiger partial charge in [-0.3, -0.25) is 4.79 Å². The minimum Gasteiger partial charge on any atom is -0.396 e. The summed E-state index contributed by atoms with van der Waals surface area (Å²) < 4.78 is 0. The molecule has 1 aliphatic rings. The Morgan fingerprint density at radius 1 is 1.16 bits per heavy atom. The standard InChI is InChI=1S/C19H18Cl3NO2/c1-23(10-12-4-2-3-5-15(12)20)18(25)19(9-14(19)11-24)13-6-7-16(21)17(22)8-13/h2-8,14,24H,9-11H2,1H3/t14-,19+/m0/s1. The molecular formula is C19H18Cl3NO2. The van der Waals surface area contributed by atoms with Crippen LogP contribution in [0.25, 0.3) is 0 Å². The number of rotatable bonds is 5. The fraction of sp³-hybridized carbons (Fsp3) is 0.316. The minimum atomic E-state index is -0.751. The lowest BCUT2D eigenvalue weighted by molar-refractivity contribution is -0.133. The van der Waals surface area contributed by atoms with E-state index in [0.717, 1.165) is 11.1 Å². The molecule has 1 N–H and O–H groups in total. The first kappa shape index (κ1) is 18.5. The average molecular weight is 399 g/mol. The SMILES string of the molecule is CN(Cc1ccccc1Cl)C(=O)[C@@]1(c2ccc(Cl)c(Cl)c2)C[C@H]1CO. The van der Waals surface area contributed by atoms with Gasteiger partial charge >= 0.3 is 0 Å². The van der Waals surface area contributed by atoms with Crippen LogP contribution in [0.15, 0.2) is 42.5 Å². The van der Waals surface area contributed by atoms with Gasteiger partial charge in [0.05, 0.1) is 15.5 Å². The molecule has 0 spiro atoms. The van der Waals surface area contributed by atoms with Crippen molar-refractivity contribution in [3.8, 4) is 0 Å². The number of amides is 1. The molecule has 25 heavy (non-hydrogen) atoms. The first-order valence-corrected chi connectivity index (χ1v) is 9.09. The first-order valence-electron chi connectivity index (χ1n) is 7.95. The first-order chi connectivity index (χ1) is 11.9. The molecule has 0 aliphatic heterocycles. The third-order valence-electron chi connectivity index (χ3n) is 4.85. The van der Waals surface area contributed by atoms with E-state index < -0.39 is 5.41 Å². The number of hydrogen-bond donors (Lipinski definition) is 1. The number of halogens is 3. The Morgan fingerprint density at radius 2 is 1.88 bits per heavy atom. The molecule has 1 aliphatic carbocycles. The largest absolute Gasteiger partial charge is 0.396 e. The van der Waals surface area contributed by atoms with Crippen LogP contribution in [0, 0.1) is 5.92 Å². The molecule has 1 fully saturated rings. The van der Waals surface area contributed by atoms with Crippen LogP contribution in [0.1, 0.15) is 17.5 Å². The van der Waals surface area contributed by atoms with E-state index in [9.17, 15) is 9.90 Å². The highest BCUT2D eigenvalue weighted by Crippen LogP contribution is 2.55. The summed E-state index contributed by atoms with van der Waals surface area (Å²) in [7, 11) is 1.75. The number of benzene rings is 2. The van der Waals surface area contributed by atoms with Crippen molar-refractivity contribution in [2.45, 2.75) is 18.4 Å². The summed E-state index contributed by atoms with van der Waals surface area (Å²) in [6.07, 6.45) is 0.590. The number of carbonyl (C=O) groups excluding carboxylic acids is 1. The lowest BCUT2D eigenvalue weighted by Gasteiger charge is -2.25. The van der Waals surface area contributed by atoms with Gasteiger partial charge in [0, 0.05) is 31.1 Å². The quantitative estimate of drug-likeness (QED) is 0.802. The van der Waals surface area contributed by atoms with Crippen LogP contribution in [0.2, 0.25) is 15.1 Å². The molecule has 3 rings (SSSR count). The molecule has 6 heteroatoms. The molecule has 0 radical (unpaired) electrons. The molecule has 1 saturated carbocycles. The van der Waals surface area contributed by atoms with Gasteiger partial charge in [0.1, 0.15) is 0 Å². The Morgan fingerprint density at radius 3 is 2.48 bits per heavy atom. The Balaban J connectivity index is 1.89. The highest BCUT2D eigenvalue weighted by atomic mass is 35.5. The molecule has 0 unspecified atom stereocenters. The van der Waals surface area contributed by atoms with Gasteiger partial charge in [-0.15, -0.1) is 0 Å². The van der Waals surface area contributed by atoms with Crippen molar-refractivity contribution < 1.29 is 9.90 Å². The molecule has 0 aromatic heterocycles. The van der Waals surface area contributed by atoms with Gasteiger partial charge in [-0.1, -0.05) is 59.1 Å². The lowest BCUT2D eigenvalue weighted by atomic mass is 9.91. The number of aliphatic hydroxyl groups excluding tert-OH is 1. The van der Waals surface area contributed by atoms with E-state index in [1.54, 1.807) is 30.1 Å². The second kappa shape index (κ2) is 7.16. The number of nitrogens with zero attached hydrogens (tertiary/aromatic N) is 1. The Labute approximate surface area is 162 Å². The van der Waals surface area contributed by atoms with Gasteiger partial charge in [-0.2, -0.15) is 0 Å². The molecule has 132 valence electrons. The Kier molecular flexibility index (Phi) is 5.31. The van der Waals surface area contributed by atoms with E-state index in [2.05, 4.69) is 0 Å². The maximum absolute atomic E-state index is 13.2. The van der Waals surface area contributed by atoms with Gasteiger partial charge in [0.2, 0.25) is 5.91 Å². The molecule has 1 amide bonds. The van der Waals surface area contributed by atoms with Gasteiger partial charge in [0.25, 0.3) is 0 Å². The van der Waals surface area contributed by atoms with Crippen LogP contribution >= 0.6 is 34.8 Å². The monoisotopic (exact) mass is 397 g/mol. The summed E-state index contributed by atoms with van der Waals surface area (Å²) in [6.45, 7) is 0.353. The van der Waals surface area contributed by atoms with E-state index >= 15 is 0 Å². The number of hydrogen-bond acceptors (Lipinski definition) is 2. The molecule has 3 nitrogen and oxygen atoms in total. The topological polar surface area (TPSA) is 40.5 Å². The number of aliphatic hydroxyl groups is 1. The van der Waals surface area contributed by atoms with Crippen molar-refractivity contribution in [2.24, 2.45) is 5.92 Å². The third kappa shape index (κ3) is 3.39. The van der Waals surface area contributed by atoms with Gasteiger partial charge in [-0.05, 0) is 35.7 Å². The minimum absolute atomic E-state index is 0.0497. The maximum atomic E-state index is 13.2. The zero-order valence-corrected chi connectivity index (χ0v) is 15.9. The summed E-state index contributed by atoms with van der Waals surface area (Å²) in [4.78, 5) is 14.9. The van der Waals surface area contributed by atoms with Gasteiger partial charge < -0.3 is 10.0 Å². The van der Waals surface area contributed by atoms with Crippen molar-refractivity contribution in [1.82, 2.24) is 4.90 Å². The van der Waals surface area contributed by atoms with E-state index in [1.165, 1.54) is 0 Å². The summed E-state index contributed by atoms with van der Waals surface area (Å²) in [5.41, 5.74) is 0.918. The zero-order chi connectivity index (χ0) is 18.2. The molecule has 2 aromatic rings. The smallest absolute Gasteiger partial charge is 0.233 e. The van der Waals surface area contributed by atoms with Crippen molar-refractivity contribution in [2.75, 3.05) is 13.7 Å². The highest BCUT2D eigenvalue weighted by Gasteiger charge is 2.61. The van der Waals surface area contributed by atoms with Crippen molar-refractivity contribution >= 4 is 40.7 Å². The predicted molar refractivity (Wildman–Crippen MR) is 101 cm³/mol. The molecular weight excluding hydrogens is 381 g/mol. The normalized spacial score (nSPS) is 21.9. The molecule has 2 atom stereocenters. The third-order valence-corrected chi connectivity index (χ3v) is 5.96. The number of likely N-dealkylation sites (N-methyl/N-ethyl adjacent to an activating group) is 1. The van der Waals surface area contributed by atoms with Gasteiger partial charge in [-0.25, -0.2) is 0 Å². The zero-order valence-electron chi connectivity index (χ0n) is 13.7. The van der Waals surface area contributed by atoms with Crippen molar-refractivity contribution in [3.05, 3.63) is 68.7 Å². The van der Waals surface area contributed by atoms with Crippen LogP contribution < -0.4 is 0 Å². The lowest BCUT2D eigenvalue weighted by Crippen LogP contribution is -2.38. The highest BCUT2D eigenvalue weighted by molar-refractivity contribution is 6.42. The number of carbonyl (C=O) groups is 1. The summed E-state index contributed by atoms with van der Waals surface area (Å²) in [5, 5.41) is 11.1. The molecule has 0 saturated heterocycles. The average Bonchev–Trinajstić information content (AvgIpc) is 3.34. The van der Waals surface area contributed by atoms with E-state index in [-0.39, 0.29) is 18.4 Å². The predicted octanol–water partition coefficient (Wildman–Crippen LogP) is 4.56. The van der Waals surface area contributed by atoms with Crippen LogP contribution in [-0.2, 0) is 16.8 Å². The van der Waals surface area contributed by atoms with Crippen molar-refractivity contribution in [1.29, 1.82) is 0 Å². The molecule has 2 aromatic carbocycles. The van der Waals surface area contributed by atoms with Gasteiger partial charge in [0.15, 0.2) is 0 Å². The van der Waals surface area contributed by atoms with Crippen LogP contribution in [0.3, 0.4) is 0 Å². The Hall–Kier alpha value is -1.26. The molecule has 0 heterocycles. The summed E-state index contributed by atoms with van der Waals surface area (Å²) >= 11 is 18.3. The maximum Gasteiger partial charge on any atom is 0.233 e. The van der Waals surface area contributed by atoms with E-state index in [4.69, 9.17) is 34.8 Å². The van der Waals surface area contributed by atoms with E-state index in [1.807, 2.05) is 24.3 Å². The van der Waals surface area contributed by atoms with Crippen molar-refractivity contribution in [3.63, 3.8) is 0 Å². The fourth-order valence-corrected chi connectivity index (χ4v) is 3.85. The Bertz CT molecular complexity index is 811. The van der Waals surface area contributed by atoms with Crippen LogP contribution in [-0.4, -0.2) is 29.6 Å². The summed E-state index contributed by atoms with van der Waals surface area (Å²) in [5.74, 6) is -0.171.